The Morgan fingerprint density at radius 3 is 2.26 bits per heavy atom. The lowest BCUT2D eigenvalue weighted by Crippen LogP contribution is -2.31. The van der Waals surface area contributed by atoms with E-state index in [1.165, 1.54) is 5.69 Å². The minimum Gasteiger partial charge on any atom is -0.463 e. The zero-order chi connectivity index (χ0) is 23.1. The highest BCUT2D eigenvalue weighted by molar-refractivity contribution is 7.13. The van der Waals surface area contributed by atoms with E-state index < -0.39 is 0 Å². The van der Waals surface area contributed by atoms with Gasteiger partial charge in [0.1, 0.15) is 0 Å². The van der Waals surface area contributed by atoms with Crippen LogP contribution < -0.4 is 10.2 Å². The lowest BCUT2D eigenvalue weighted by Gasteiger charge is -2.31. The van der Waals surface area contributed by atoms with Crippen LogP contribution in [0.25, 0.3) is 0 Å². The highest BCUT2D eigenvalue weighted by atomic mass is 32.1. The molecule has 0 amide bonds. The van der Waals surface area contributed by atoms with Crippen molar-refractivity contribution in [1.82, 2.24) is 4.98 Å². The lowest BCUT2D eigenvalue weighted by atomic mass is 9.96. The molecule has 5 nitrogen and oxygen atoms in total. The summed E-state index contributed by atoms with van der Waals surface area (Å²) >= 11 is 1.61. The first kappa shape index (κ1) is 25.2. The predicted molar refractivity (Wildman–Crippen MR) is 133 cm³/mol. The first-order chi connectivity index (χ1) is 14.5. The zero-order valence-corrected chi connectivity index (χ0v) is 21.2. The van der Waals surface area contributed by atoms with Crippen LogP contribution in [0.1, 0.15) is 72.1 Å². The van der Waals surface area contributed by atoms with Gasteiger partial charge in [0.15, 0.2) is 5.13 Å². The van der Waals surface area contributed by atoms with Gasteiger partial charge in [-0.25, -0.2) is 4.98 Å². The van der Waals surface area contributed by atoms with Crippen LogP contribution in [0, 0.1) is 18.8 Å². The number of carbonyl (C=O) groups excluding carboxylic acids is 1. The molecule has 1 aromatic heterocycles. The molecule has 0 saturated carbocycles. The topological polar surface area (TPSA) is 54.5 Å². The van der Waals surface area contributed by atoms with Gasteiger partial charge in [-0.1, -0.05) is 40.7 Å². The number of anilines is 3. The standard InChI is InChI=1S/C25H39N3O2S/c1-16(2)13-28(14-17(3)4)23-10-9-21(19(7)11-24(29)30-18(5)6)12-22(23)27-25-26-20(8)15-31-25/h9-10,12,15-19H,11,13-14H2,1-8H3,(H,26,27). The highest BCUT2D eigenvalue weighted by Gasteiger charge is 2.19. The summed E-state index contributed by atoms with van der Waals surface area (Å²) < 4.78 is 5.35. The van der Waals surface area contributed by atoms with Gasteiger partial charge in [0.25, 0.3) is 0 Å². The number of carbonyl (C=O) groups is 1. The van der Waals surface area contributed by atoms with E-state index >= 15 is 0 Å². The second-order valence-electron chi connectivity index (χ2n) is 9.53. The zero-order valence-electron chi connectivity index (χ0n) is 20.4. The number of rotatable bonds is 11. The average Bonchev–Trinajstić information content (AvgIpc) is 3.04. The second-order valence-corrected chi connectivity index (χ2v) is 10.4. The van der Waals surface area contributed by atoms with Crippen molar-refractivity contribution in [2.75, 3.05) is 23.3 Å². The Balaban J connectivity index is 2.38. The van der Waals surface area contributed by atoms with Crippen molar-refractivity contribution in [3.8, 4) is 0 Å². The number of benzene rings is 1. The van der Waals surface area contributed by atoms with E-state index in [0.717, 1.165) is 35.2 Å². The average molecular weight is 446 g/mol. The monoisotopic (exact) mass is 445 g/mol. The lowest BCUT2D eigenvalue weighted by molar-refractivity contribution is -0.147. The quantitative estimate of drug-likeness (QED) is 0.387. The van der Waals surface area contributed by atoms with E-state index in [1.54, 1.807) is 11.3 Å². The summed E-state index contributed by atoms with van der Waals surface area (Å²) in [4.78, 5) is 19.2. The molecule has 2 rings (SSSR count). The summed E-state index contributed by atoms with van der Waals surface area (Å²) in [5, 5.41) is 6.49. The molecule has 0 bridgehead atoms. The Morgan fingerprint density at radius 1 is 1.10 bits per heavy atom. The Kier molecular flexibility index (Phi) is 9.35. The number of hydrogen-bond acceptors (Lipinski definition) is 6. The van der Waals surface area contributed by atoms with Crippen LogP contribution >= 0.6 is 11.3 Å². The molecule has 1 unspecified atom stereocenters. The molecule has 0 aliphatic carbocycles. The number of aryl methyl sites for hydroxylation is 1. The number of thiazole rings is 1. The maximum atomic E-state index is 12.2. The first-order valence-electron chi connectivity index (χ1n) is 11.3. The molecule has 0 aliphatic heterocycles. The second kappa shape index (κ2) is 11.5. The van der Waals surface area contributed by atoms with Gasteiger partial charge < -0.3 is 15.0 Å². The van der Waals surface area contributed by atoms with Crippen LogP contribution in [0.3, 0.4) is 0 Å². The maximum absolute atomic E-state index is 12.2. The fourth-order valence-electron chi connectivity index (χ4n) is 3.59. The molecule has 1 aromatic carbocycles. The normalized spacial score (nSPS) is 12.5. The number of esters is 1. The van der Waals surface area contributed by atoms with Gasteiger partial charge in [-0.15, -0.1) is 11.3 Å². The molecule has 0 radical (unpaired) electrons. The molecule has 1 heterocycles. The van der Waals surface area contributed by atoms with Crippen LogP contribution in [-0.2, 0) is 9.53 Å². The SMILES string of the molecule is Cc1csc(Nc2cc(C(C)CC(=O)OC(C)C)ccc2N(CC(C)C)CC(C)C)n1. The number of nitrogens with one attached hydrogen (secondary N) is 1. The summed E-state index contributed by atoms with van der Waals surface area (Å²) in [6.07, 6.45) is 0.280. The Morgan fingerprint density at radius 2 is 1.74 bits per heavy atom. The van der Waals surface area contributed by atoms with Gasteiger partial charge in [0.2, 0.25) is 0 Å². The summed E-state index contributed by atoms with van der Waals surface area (Å²) in [6.45, 7) is 18.8. The molecular weight excluding hydrogens is 406 g/mol. The van der Waals surface area contributed by atoms with E-state index in [1.807, 2.05) is 20.8 Å². The van der Waals surface area contributed by atoms with E-state index in [4.69, 9.17) is 4.74 Å². The van der Waals surface area contributed by atoms with Crippen molar-refractivity contribution < 1.29 is 9.53 Å². The third-order valence-electron chi connectivity index (χ3n) is 4.80. The Labute approximate surface area is 192 Å². The number of aromatic nitrogens is 1. The van der Waals surface area contributed by atoms with Gasteiger partial charge >= 0.3 is 5.97 Å². The summed E-state index contributed by atoms with van der Waals surface area (Å²) in [5.74, 6) is 1.02. The molecule has 0 aliphatic rings. The van der Waals surface area contributed by atoms with Gasteiger partial charge in [-0.05, 0) is 56.2 Å². The van der Waals surface area contributed by atoms with Crippen molar-refractivity contribution >= 4 is 33.8 Å². The van der Waals surface area contributed by atoms with Gasteiger partial charge in [0, 0.05) is 18.5 Å². The molecule has 31 heavy (non-hydrogen) atoms. The maximum Gasteiger partial charge on any atom is 0.306 e. The van der Waals surface area contributed by atoms with Crippen molar-refractivity contribution in [3.63, 3.8) is 0 Å². The molecule has 0 fully saturated rings. The molecule has 0 spiro atoms. The number of hydrogen-bond donors (Lipinski definition) is 1. The molecular formula is C25H39N3O2S. The van der Waals surface area contributed by atoms with Crippen molar-refractivity contribution in [2.24, 2.45) is 11.8 Å². The van der Waals surface area contributed by atoms with Crippen molar-refractivity contribution in [3.05, 3.63) is 34.8 Å². The molecule has 6 heteroatoms. The van der Waals surface area contributed by atoms with Crippen LogP contribution in [0.15, 0.2) is 23.6 Å². The number of nitrogens with zero attached hydrogens (tertiary/aromatic N) is 2. The van der Waals surface area contributed by atoms with Gasteiger partial charge in [-0.2, -0.15) is 0 Å². The first-order valence-corrected chi connectivity index (χ1v) is 12.2. The van der Waals surface area contributed by atoms with Crippen LogP contribution in [-0.4, -0.2) is 30.1 Å². The predicted octanol–water partition coefficient (Wildman–Crippen LogP) is 6.76. The Hall–Kier alpha value is -2.08. The molecule has 172 valence electrons. The fourth-order valence-corrected chi connectivity index (χ4v) is 4.29. The third-order valence-corrected chi connectivity index (χ3v) is 5.68. The van der Waals surface area contributed by atoms with Crippen LogP contribution in [0.2, 0.25) is 0 Å². The van der Waals surface area contributed by atoms with Crippen LogP contribution in [0.4, 0.5) is 16.5 Å². The fraction of sp³-hybridized carbons (Fsp3) is 0.600. The molecule has 2 aromatic rings. The summed E-state index contributed by atoms with van der Waals surface area (Å²) in [6, 6.07) is 6.51. The van der Waals surface area contributed by atoms with E-state index in [9.17, 15) is 4.79 Å². The Bertz CT molecular complexity index is 835. The third kappa shape index (κ3) is 8.17. The summed E-state index contributed by atoms with van der Waals surface area (Å²) in [5.41, 5.74) is 4.35. The molecule has 0 saturated heterocycles. The minimum atomic E-state index is -0.155. The highest BCUT2D eigenvalue weighted by Crippen LogP contribution is 2.35. The van der Waals surface area contributed by atoms with E-state index in [2.05, 4.69) is 73.4 Å². The van der Waals surface area contributed by atoms with Crippen molar-refractivity contribution in [1.29, 1.82) is 0 Å². The smallest absolute Gasteiger partial charge is 0.306 e. The largest absolute Gasteiger partial charge is 0.463 e. The van der Waals surface area contributed by atoms with E-state index in [-0.39, 0.29) is 18.0 Å². The summed E-state index contributed by atoms with van der Waals surface area (Å²) in [7, 11) is 0. The van der Waals surface area contributed by atoms with Crippen molar-refractivity contribution in [2.45, 2.75) is 73.8 Å². The van der Waals surface area contributed by atoms with E-state index in [0.29, 0.717) is 18.3 Å². The molecule has 1 N–H and O–H groups in total. The number of ether oxygens (including phenoxy) is 1. The van der Waals surface area contributed by atoms with Gasteiger partial charge in [-0.3, -0.25) is 4.79 Å². The van der Waals surface area contributed by atoms with Gasteiger partial charge in [0.05, 0.1) is 29.6 Å². The molecule has 1 atom stereocenters. The minimum absolute atomic E-state index is 0.0718. The van der Waals surface area contributed by atoms with Crippen LogP contribution in [0.5, 0.6) is 0 Å².